The summed E-state index contributed by atoms with van der Waals surface area (Å²) in [5.41, 5.74) is -0.486. The van der Waals surface area contributed by atoms with Crippen LogP contribution in [0.4, 0.5) is 5.69 Å². The van der Waals surface area contributed by atoms with Crippen molar-refractivity contribution in [1.82, 2.24) is 14.8 Å². The van der Waals surface area contributed by atoms with E-state index in [4.69, 9.17) is 18.0 Å². The summed E-state index contributed by atoms with van der Waals surface area (Å²) in [5, 5.41) is 10.8. The molecule has 2 rings (SSSR count). The summed E-state index contributed by atoms with van der Waals surface area (Å²) >= 11 is 5.72. The van der Waals surface area contributed by atoms with Crippen molar-refractivity contribution < 1.29 is 9.72 Å². The molecule has 110 valence electrons. The van der Waals surface area contributed by atoms with Gasteiger partial charge in [-0.05, 0) is 6.07 Å². The number of nitro groups is 1. The minimum Gasteiger partial charge on any atom is -0.336 e. The number of hydrogen-bond acceptors (Lipinski definition) is 5. The smallest absolute Gasteiger partial charge is 0.319 e. The fraction of sp³-hybridized carbons (Fsp3) is 0.385. The Morgan fingerprint density at radius 2 is 2.14 bits per heavy atom. The van der Waals surface area contributed by atoms with Gasteiger partial charge in [0.25, 0.3) is 5.91 Å². The molecule has 0 saturated carbocycles. The highest BCUT2D eigenvalue weighted by molar-refractivity contribution is 6.32. The summed E-state index contributed by atoms with van der Waals surface area (Å²) in [6.45, 7) is 2.75. The van der Waals surface area contributed by atoms with Crippen LogP contribution in [0.25, 0.3) is 0 Å². The average Bonchev–Trinajstić information content (AvgIpc) is 2.47. The van der Waals surface area contributed by atoms with Gasteiger partial charge in [0, 0.05) is 32.4 Å². The van der Waals surface area contributed by atoms with Crippen molar-refractivity contribution >= 4 is 23.2 Å². The van der Waals surface area contributed by atoms with E-state index in [9.17, 15) is 14.9 Å². The van der Waals surface area contributed by atoms with Crippen molar-refractivity contribution in [3.05, 3.63) is 33.1 Å². The van der Waals surface area contributed by atoms with Gasteiger partial charge in [0.05, 0.1) is 11.5 Å². The number of aromatic nitrogens is 1. The predicted octanol–water partition coefficient (Wildman–Crippen LogP) is 1.03. The van der Waals surface area contributed by atoms with Gasteiger partial charge in [-0.2, -0.15) is 0 Å². The molecule has 1 amide bonds. The molecule has 21 heavy (non-hydrogen) atoms. The molecule has 0 unspecified atom stereocenters. The average molecular weight is 309 g/mol. The first-order valence-corrected chi connectivity index (χ1v) is 6.66. The van der Waals surface area contributed by atoms with Crippen LogP contribution in [-0.4, -0.2) is 58.3 Å². The Balaban J connectivity index is 2.17. The second kappa shape index (κ2) is 6.52. The zero-order chi connectivity index (χ0) is 15.4. The molecule has 0 N–H and O–H groups in total. The number of piperazine rings is 1. The zero-order valence-corrected chi connectivity index (χ0v) is 11.9. The summed E-state index contributed by atoms with van der Waals surface area (Å²) in [4.78, 5) is 30.0. The largest absolute Gasteiger partial charge is 0.336 e. The lowest BCUT2D eigenvalue weighted by molar-refractivity contribution is -0.385. The summed E-state index contributed by atoms with van der Waals surface area (Å²) < 4.78 is 0. The van der Waals surface area contributed by atoms with E-state index in [0.29, 0.717) is 32.7 Å². The summed E-state index contributed by atoms with van der Waals surface area (Å²) in [7, 11) is 0. The molecule has 1 aromatic rings. The lowest BCUT2D eigenvalue weighted by atomic mass is 10.2. The number of amides is 1. The molecule has 0 spiro atoms. The second-order valence-corrected chi connectivity index (χ2v) is 4.89. The van der Waals surface area contributed by atoms with Gasteiger partial charge in [0.2, 0.25) is 5.15 Å². The van der Waals surface area contributed by atoms with Crippen LogP contribution in [0.2, 0.25) is 5.15 Å². The maximum absolute atomic E-state index is 12.4. The number of pyridine rings is 1. The molecule has 8 heteroatoms. The quantitative estimate of drug-likeness (QED) is 0.361. The Kier molecular flexibility index (Phi) is 4.73. The highest BCUT2D eigenvalue weighted by Gasteiger charge is 2.29. The number of halogens is 1. The van der Waals surface area contributed by atoms with E-state index >= 15 is 0 Å². The Morgan fingerprint density at radius 1 is 1.48 bits per heavy atom. The molecule has 1 aliphatic rings. The van der Waals surface area contributed by atoms with Gasteiger partial charge >= 0.3 is 5.69 Å². The Morgan fingerprint density at radius 3 is 2.71 bits per heavy atom. The summed E-state index contributed by atoms with van der Waals surface area (Å²) in [6, 6.07) is 1.32. The van der Waals surface area contributed by atoms with Crippen molar-refractivity contribution in [2.24, 2.45) is 0 Å². The van der Waals surface area contributed by atoms with Crippen LogP contribution in [0.15, 0.2) is 12.3 Å². The molecule has 0 aromatic carbocycles. The van der Waals surface area contributed by atoms with E-state index < -0.39 is 16.5 Å². The fourth-order valence-electron chi connectivity index (χ4n) is 2.18. The molecular weight excluding hydrogens is 296 g/mol. The van der Waals surface area contributed by atoms with Crippen LogP contribution in [-0.2, 0) is 0 Å². The fourth-order valence-corrected chi connectivity index (χ4v) is 2.41. The van der Waals surface area contributed by atoms with E-state index in [-0.39, 0.29) is 10.7 Å². The Hall–Kier alpha value is -2.17. The van der Waals surface area contributed by atoms with Gasteiger partial charge in [-0.15, -0.1) is 6.42 Å². The summed E-state index contributed by atoms with van der Waals surface area (Å²) in [6.07, 6.45) is 6.53. The van der Waals surface area contributed by atoms with Crippen molar-refractivity contribution in [3.63, 3.8) is 0 Å². The lowest BCUT2D eigenvalue weighted by Crippen LogP contribution is -2.48. The number of terminal acetylenes is 1. The number of carbonyl (C=O) groups is 1. The van der Waals surface area contributed by atoms with E-state index in [1.807, 2.05) is 4.90 Å². The first kappa shape index (κ1) is 15.2. The molecule has 1 aromatic heterocycles. The highest BCUT2D eigenvalue weighted by Crippen LogP contribution is 2.27. The van der Waals surface area contributed by atoms with E-state index in [1.165, 1.54) is 12.3 Å². The minimum atomic E-state index is -0.683. The molecule has 7 nitrogen and oxygen atoms in total. The van der Waals surface area contributed by atoms with Crippen LogP contribution in [0, 0.1) is 22.5 Å². The number of hydrogen-bond donors (Lipinski definition) is 0. The number of carbonyl (C=O) groups excluding carboxylic acids is 1. The van der Waals surface area contributed by atoms with E-state index in [2.05, 4.69) is 10.9 Å². The Labute approximate surface area is 126 Å². The van der Waals surface area contributed by atoms with Gasteiger partial charge in [-0.3, -0.25) is 19.8 Å². The molecule has 0 bridgehead atoms. The van der Waals surface area contributed by atoms with Crippen LogP contribution in [0.1, 0.15) is 10.4 Å². The topological polar surface area (TPSA) is 79.6 Å². The maximum Gasteiger partial charge on any atom is 0.319 e. The molecule has 1 fully saturated rings. The number of rotatable bonds is 3. The molecule has 0 atom stereocenters. The van der Waals surface area contributed by atoms with Crippen LogP contribution >= 0.6 is 11.6 Å². The van der Waals surface area contributed by atoms with E-state index in [0.717, 1.165) is 0 Å². The van der Waals surface area contributed by atoms with Gasteiger partial charge in [-0.1, -0.05) is 17.5 Å². The molecule has 1 aliphatic heterocycles. The molecule has 2 heterocycles. The first-order valence-electron chi connectivity index (χ1n) is 6.28. The Bertz CT molecular complexity index is 606. The minimum absolute atomic E-state index is 0.0367. The van der Waals surface area contributed by atoms with Crippen LogP contribution < -0.4 is 0 Å². The number of nitrogens with zero attached hydrogens (tertiary/aromatic N) is 4. The standard InChI is InChI=1S/C13H13ClN4O3/c1-2-5-16-6-8-17(9-7-16)13(19)10-3-4-15-12(14)11(10)18(20)21/h1,3-4H,5-9H2. The van der Waals surface area contributed by atoms with Crippen LogP contribution in [0.5, 0.6) is 0 Å². The maximum atomic E-state index is 12.4. The van der Waals surface area contributed by atoms with Crippen molar-refractivity contribution in [2.45, 2.75) is 0 Å². The van der Waals surface area contributed by atoms with Gasteiger partial charge in [0.1, 0.15) is 5.56 Å². The molecule has 0 radical (unpaired) electrons. The third-order valence-electron chi connectivity index (χ3n) is 3.27. The third kappa shape index (κ3) is 3.29. The van der Waals surface area contributed by atoms with Crippen molar-refractivity contribution in [2.75, 3.05) is 32.7 Å². The SMILES string of the molecule is C#CCN1CCN(C(=O)c2ccnc(Cl)c2[N+](=O)[O-])CC1. The molecular formula is C13H13ClN4O3. The van der Waals surface area contributed by atoms with Gasteiger partial charge in [-0.25, -0.2) is 4.98 Å². The van der Waals surface area contributed by atoms with Gasteiger partial charge < -0.3 is 4.90 Å². The van der Waals surface area contributed by atoms with Crippen molar-refractivity contribution in [3.8, 4) is 12.3 Å². The molecule has 0 aliphatic carbocycles. The van der Waals surface area contributed by atoms with E-state index in [1.54, 1.807) is 4.90 Å². The predicted molar refractivity (Wildman–Crippen MR) is 77.1 cm³/mol. The van der Waals surface area contributed by atoms with Crippen molar-refractivity contribution in [1.29, 1.82) is 0 Å². The zero-order valence-electron chi connectivity index (χ0n) is 11.2. The summed E-state index contributed by atoms with van der Waals surface area (Å²) in [5.74, 6) is 2.14. The highest BCUT2D eigenvalue weighted by atomic mass is 35.5. The molecule has 1 saturated heterocycles. The lowest BCUT2D eigenvalue weighted by Gasteiger charge is -2.33. The third-order valence-corrected chi connectivity index (χ3v) is 3.54. The second-order valence-electron chi connectivity index (χ2n) is 4.53. The normalized spacial score (nSPS) is 15.5. The van der Waals surface area contributed by atoms with Crippen LogP contribution in [0.3, 0.4) is 0 Å². The first-order chi connectivity index (χ1) is 10.0. The van der Waals surface area contributed by atoms with Gasteiger partial charge in [0.15, 0.2) is 0 Å². The monoisotopic (exact) mass is 308 g/mol.